The number of hydrogen-bond acceptors (Lipinski definition) is 3. The van der Waals surface area contributed by atoms with Gasteiger partial charge in [0.2, 0.25) is 0 Å². The van der Waals surface area contributed by atoms with E-state index in [1.165, 1.54) is 0 Å². The van der Waals surface area contributed by atoms with Gasteiger partial charge in [0.15, 0.2) is 5.78 Å². The average molecular weight is 189 g/mol. The van der Waals surface area contributed by atoms with Crippen molar-refractivity contribution in [3.8, 4) is 0 Å². The molecule has 0 saturated heterocycles. The minimum atomic E-state index is -0.324. The highest BCUT2D eigenvalue weighted by Gasteiger charge is 2.29. The minimum Gasteiger partial charge on any atom is -0.292 e. The van der Waals surface area contributed by atoms with E-state index in [9.17, 15) is 4.79 Å². The zero-order valence-corrected chi connectivity index (χ0v) is 7.67. The van der Waals surface area contributed by atoms with Crippen molar-refractivity contribution in [3.63, 3.8) is 0 Å². The Bertz CT molecular complexity index is 407. The molecule has 0 saturated carbocycles. The molecular formula is C10H7NOS. The molecule has 1 atom stereocenters. The number of isothiocyanates is 1. The SMILES string of the molecule is O=C1c2ccccc2CC1N=C=S. The van der Waals surface area contributed by atoms with E-state index < -0.39 is 0 Å². The van der Waals surface area contributed by atoms with Crippen molar-refractivity contribution in [2.24, 2.45) is 4.99 Å². The zero-order chi connectivity index (χ0) is 9.26. The van der Waals surface area contributed by atoms with E-state index in [4.69, 9.17) is 0 Å². The number of carbonyl (C=O) groups excluding carboxylic acids is 1. The van der Waals surface area contributed by atoms with Crippen molar-refractivity contribution in [1.82, 2.24) is 0 Å². The number of benzene rings is 1. The van der Waals surface area contributed by atoms with Crippen LogP contribution in [-0.4, -0.2) is 17.0 Å². The maximum atomic E-state index is 11.6. The summed E-state index contributed by atoms with van der Waals surface area (Å²) < 4.78 is 0. The highest BCUT2D eigenvalue weighted by molar-refractivity contribution is 7.78. The van der Waals surface area contributed by atoms with Crippen molar-refractivity contribution < 1.29 is 4.79 Å². The number of aliphatic imine (C=N–C) groups is 1. The second kappa shape index (κ2) is 3.21. The standard InChI is InChI=1S/C10H7NOS/c12-10-8-4-2-1-3-7(8)5-9(10)11-6-13/h1-4,9H,5H2. The van der Waals surface area contributed by atoms with E-state index >= 15 is 0 Å². The van der Waals surface area contributed by atoms with E-state index in [-0.39, 0.29) is 11.8 Å². The van der Waals surface area contributed by atoms with Crippen LogP contribution in [-0.2, 0) is 6.42 Å². The lowest BCUT2D eigenvalue weighted by molar-refractivity contribution is 0.0976. The fourth-order valence-electron chi connectivity index (χ4n) is 1.59. The summed E-state index contributed by atoms with van der Waals surface area (Å²) >= 11 is 4.48. The van der Waals surface area contributed by atoms with Gasteiger partial charge in [0.1, 0.15) is 6.04 Å². The Morgan fingerprint density at radius 1 is 1.46 bits per heavy atom. The molecule has 1 unspecified atom stereocenters. The summed E-state index contributed by atoms with van der Waals surface area (Å²) in [5, 5.41) is 2.26. The smallest absolute Gasteiger partial charge is 0.188 e. The summed E-state index contributed by atoms with van der Waals surface area (Å²) in [6, 6.07) is 7.24. The molecule has 0 spiro atoms. The second-order valence-corrected chi connectivity index (χ2v) is 3.14. The molecule has 0 fully saturated rings. The first-order valence-corrected chi connectivity index (χ1v) is 4.43. The highest BCUT2D eigenvalue weighted by atomic mass is 32.1. The van der Waals surface area contributed by atoms with Crippen LogP contribution in [0.4, 0.5) is 0 Å². The number of rotatable bonds is 1. The van der Waals surface area contributed by atoms with Crippen LogP contribution in [0.25, 0.3) is 0 Å². The van der Waals surface area contributed by atoms with Gasteiger partial charge in [0.25, 0.3) is 0 Å². The van der Waals surface area contributed by atoms with Crippen LogP contribution in [0.1, 0.15) is 15.9 Å². The summed E-state index contributed by atoms with van der Waals surface area (Å²) in [5.41, 5.74) is 1.84. The van der Waals surface area contributed by atoms with E-state index in [0.717, 1.165) is 11.1 Å². The third-order valence-corrected chi connectivity index (χ3v) is 2.31. The van der Waals surface area contributed by atoms with Gasteiger partial charge in [-0.1, -0.05) is 24.3 Å². The maximum Gasteiger partial charge on any atom is 0.188 e. The predicted molar refractivity (Wildman–Crippen MR) is 53.3 cm³/mol. The van der Waals surface area contributed by atoms with Gasteiger partial charge in [0.05, 0.1) is 5.16 Å². The van der Waals surface area contributed by atoms with Crippen molar-refractivity contribution in [1.29, 1.82) is 0 Å². The van der Waals surface area contributed by atoms with Crippen LogP contribution in [0.15, 0.2) is 29.3 Å². The molecule has 0 amide bonds. The van der Waals surface area contributed by atoms with Crippen LogP contribution in [0.5, 0.6) is 0 Å². The average Bonchev–Trinajstić information content (AvgIpc) is 2.46. The summed E-state index contributed by atoms with van der Waals surface area (Å²) in [4.78, 5) is 15.4. The van der Waals surface area contributed by atoms with E-state index in [0.29, 0.717) is 6.42 Å². The largest absolute Gasteiger partial charge is 0.292 e. The first-order valence-electron chi connectivity index (χ1n) is 4.02. The lowest BCUT2D eigenvalue weighted by Gasteiger charge is -1.94. The van der Waals surface area contributed by atoms with Gasteiger partial charge in [0, 0.05) is 12.0 Å². The second-order valence-electron chi connectivity index (χ2n) is 2.96. The minimum absolute atomic E-state index is 0.0629. The number of nitrogens with zero attached hydrogens (tertiary/aromatic N) is 1. The molecule has 1 aliphatic carbocycles. The monoisotopic (exact) mass is 189 g/mol. The predicted octanol–water partition coefficient (Wildman–Crippen LogP) is 1.90. The molecule has 0 heterocycles. The van der Waals surface area contributed by atoms with Crippen molar-refractivity contribution in [3.05, 3.63) is 35.4 Å². The van der Waals surface area contributed by atoms with Crippen LogP contribution < -0.4 is 0 Å². The Hall–Kier alpha value is -1.31. The van der Waals surface area contributed by atoms with Gasteiger partial charge in [-0.3, -0.25) is 4.79 Å². The molecule has 64 valence electrons. The fraction of sp³-hybridized carbons (Fsp3) is 0.200. The van der Waals surface area contributed by atoms with Crippen LogP contribution >= 0.6 is 12.2 Å². The summed E-state index contributed by atoms with van der Waals surface area (Å²) in [6.45, 7) is 0. The Labute approximate surface area is 81.3 Å². The van der Waals surface area contributed by atoms with Crippen molar-refractivity contribution in [2.75, 3.05) is 0 Å². The summed E-state index contributed by atoms with van der Waals surface area (Å²) in [6.07, 6.45) is 0.665. The summed E-state index contributed by atoms with van der Waals surface area (Å²) in [5.74, 6) is 0.0629. The number of Topliss-reactive ketones (excluding diaryl/α,β-unsaturated/α-hetero) is 1. The number of fused-ring (bicyclic) bond motifs is 1. The fourth-order valence-corrected chi connectivity index (χ4v) is 1.71. The molecule has 13 heavy (non-hydrogen) atoms. The molecule has 0 N–H and O–H groups in total. The quantitative estimate of drug-likeness (QED) is 0.498. The van der Waals surface area contributed by atoms with E-state index in [1.807, 2.05) is 24.3 Å². The lowest BCUT2D eigenvalue weighted by Crippen LogP contribution is -2.11. The summed E-state index contributed by atoms with van der Waals surface area (Å²) in [7, 11) is 0. The van der Waals surface area contributed by atoms with Crippen LogP contribution in [0.3, 0.4) is 0 Å². The molecule has 0 radical (unpaired) electrons. The molecular weight excluding hydrogens is 182 g/mol. The molecule has 0 aromatic heterocycles. The van der Waals surface area contributed by atoms with Gasteiger partial charge in [-0.25, -0.2) is 4.99 Å². The first kappa shape index (κ1) is 8.30. The molecule has 3 heteroatoms. The van der Waals surface area contributed by atoms with E-state index in [1.54, 1.807) is 0 Å². The third kappa shape index (κ3) is 1.32. The number of ketones is 1. The number of thiocarbonyl (C=S) groups is 1. The van der Waals surface area contributed by atoms with Crippen molar-refractivity contribution in [2.45, 2.75) is 12.5 Å². The Morgan fingerprint density at radius 3 is 2.92 bits per heavy atom. The normalized spacial score (nSPS) is 19.4. The molecule has 0 bridgehead atoms. The van der Waals surface area contributed by atoms with Crippen LogP contribution in [0, 0.1) is 0 Å². The Balaban J connectivity index is 2.43. The molecule has 1 aromatic rings. The van der Waals surface area contributed by atoms with Gasteiger partial charge in [-0.15, -0.1) is 0 Å². The number of carbonyl (C=O) groups is 1. The molecule has 2 nitrogen and oxygen atoms in total. The first-order chi connectivity index (χ1) is 6.33. The van der Waals surface area contributed by atoms with Crippen molar-refractivity contribution >= 4 is 23.2 Å². The zero-order valence-electron chi connectivity index (χ0n) is 6.86. The topological polar surface area (TPSA) is 29.4 Å². The molecule has 2 rings (SSSR count). The van der Waals surface area contributed by atoms with E-state index in [2.05, 4.69) is 22.4 Å². The molecule has 1 aliphatic rings. The highest BCUT2D eigenvalue weighted by Crippen LogP contribution is 2.23. The lowest BCUT2D eigenvalue weighted by atomic mass is 10.1. The molecule has 0 aliphatic heterocycles. The van der Waals surface area contributed by atoms with Gasteiger partial charge < -0.3 is 0 Å². The third-order valence-electron chi connectivity index (χ3n) is 2.21. The Morgan fingerprint density at radius 2 is 2.23 bits per heavy atom. The molecule has 1 aromatic carbocycles. The number of hydrogen-bond donors (Lipinski definition) is 0. The van der Waals surface area contributed by atoms with Gasteiger partial charge in [-0.2, -0.15) is 0 Å². The van der Waals surface area contributed by atoms with Gasteiger partial charge >= 0.3 is 0 Å². The maximum absolute atomic E-state index is 11.6. The van der Waals surface area contributed by atoms with Gasteiger partial charge in [-0.05, 0) is 17.8 Å². The van der Waals surface area contributed by atoms with Crippen LogP contribution in [0.2, 0.25) is 0 Å². The Kier molecular flexibility index (Phi) is 2.05.